The molecular formula is C21H24N4O4S. The van der Waals surface area contributed by atoms with Crippen molar-refractivity contribution in [3.63, 3.8) is 0 Å². The predicted octanol–water partition coefficient (Wildman–Crippen LogP) is 1.98. The molecule has 1 aliphatic rings. The lowest BCUT2D eigenvalue weighted by atomic mass is 10.00. The van der Waals surface area contributed by atoms with Crippen molar-refractivity contribution in [1.82, 2.24) is 14.7 Å². The summed E-state index contributed by atoms with van der Waals surface area (Å²) < 4.78 is 32.9. The molecule has 2 aromatic heterocycles. The van der Waals surface area contributed by atoms with Gasteiger partial charge in [0.05, 0.1) is 18.1 Å². The maximum absolute atomic E-state index is 12.8. The molecule has 1 aliphatic heterocycles. The predicted molar refractivity (Wildman–Crippen MR) is 114 cm³/mol. The van der Waals surface area contributed by atoms with Crippen LogP contribution in [0, 0.1) is 13.8 Å². The number of hydrogen-bond acceptors (Lipinski definition) is 6. The normalized spacial score (nSPS) is 15.7. The number of aliphatic hydroxyl groups is 1. The van der Waals surface area contributed by atoms with E-state index >= 15 is 0 Å². The molecule has 0 atom stereocenters. The van der Waals surface area contributed by atoms with Gasteiger partial charge in [0.15, 0.2) is 0 Å². The average Bonchev–Trinajstić information content (AvgIpc) is 3.12. The number of aromatic nitrogens is 2. The quantitative estimate of drug-likeness (QED) is 0.475. The molecule has 0 spiro atoms. The van der Waals surface area contributed by atoms with Crippen LogP contribution in [0.4, 0.5) is 5.82 Å². The van der Waals surface area contributed by atoms with Gasteiger partial charge in [-0.25, -0.2) is 18.1 Å². The van der Waals surface area contributed by atoms with Crippen LogP contribution in [0.15, 0.2) is 47.5 Å². The Hall–Kier alpha value is -2.72. The van der Waals surface area contributed by atoms with Gasteiger partial charge in [0.2, 0.25) is 10.0 Å². The average molecular weight is 429 g/mol. The molecule has 0 bridgehead atoms. The van der Waals surface area contributed by atoms with Gasteiger partial charge < -0.3 is 20.6 Å². The first-order chi connectivity index (χ1) is 14.2. The summed E-state index contributed by atoms with van der Waals surface area (Å²) in [5, 5.41) is 10.1. The van der Waals surface area contributed by atoms with Crippen molar-refractivity contribution >= 4 is 15.8 Å². The number of nitrogens with one attached hydrogen (secondary N) is 2. The van der Waals surface area contributed by atoms with Crippen LogP contribution in [0.3, 0.4) is 0 Å². The summed E-state index contributed by atoms with van der Waals surface area (Å²) in [6, 6.07) is 10.7. The maximum Gasteiger partial charge on any atom is 0.240 e. The molecule has 1 aromatic carbocycles. The molecule has 4 rings (SSSR count). The Morgan fingerprint density at radius 3 is 2.60 bits per heavy atom. The Balaban J connectivity index is 1.68. The first-order valence-corrected chi connectivity index (χ1v) is 11.0. The van der Waals surface area contributed by atoms with E-state index in [1.54, 1.807) is 24.4 Å². The Kier molecular flexibility index (Phi) is 5.15. The number of H-pyrrole nitrogens is 1. The van der Waals surface area contributed by atoms with Gasteiger partial charge in [-0.05, 0) is 55.3 Å². The number of nitrogens with zero attached hydrogens (tertiary/aromatic N) is 1. The lowest BCUT2D eigenvalue weighted by molar-refractivity contribution is -0.172. The summed E-state index contributed by atoms with van der Waals surface area (Å²) in [5.74, 6) is 0.389. The smallest absolute Gasteiger partial charge is 0.240 e. The van der Waals surface area contributed by atoms with Crippen molar-refractivity contribution in [2.75, 3.05) is 25.5 Å². The van der Waals surface area contributed by atoms with Gasteiger partial charge in [-0.3, -0.25) is 0 Å². The second-order valence-corrected chi connectivity index (χ2v) is 9.50. The third kappa shape index (κ3) is 3.97. The molecule has 8 nitrogen and oxygen atoms in total. The van der Waals surface area contributed by atoms with Gasteiger partial charge in [-0.1, -0.05) is 6.07 Å². The largest absolute Gasteiger partial charge is 0.384 e. The monoisotopic (exact) mass is 428 g/mol. The molecule has 30 heavy (non-hydrogen) atoms. The molecule has 1 saturated heterocycles. The molecule has 5 N–H and O–H groups in total. The van der Waals surface area contributed by atoms with E-state index in [2.05, 4.69) is 14.7 Å². The lowest BCUT2D eigenvalue weighted by Gasteiger charge is -2.36. The number of aromatic amines is 1. The minimum Gasteiger partial charge on any atom is -0.384 e. The molecular weight excluding hydrogens is 404 g/mol. The zero-order valence-corrected chi connectivity index (χ0v) is 17.6. The van der Waals surface area contributed by atoms with Crippen molar-refractivity contribution in [3.05, 3.63) is 53.9 Å². The zero-order chi connectivity index (χ0) is 21.5. The summed E-state index contributed by atoms with van der Waals surface area (Å²) in [6.45, 7) is 3.99. The highest BCUT2D eigenvalue weighted by molar-refractivity contribution is 7.89. The SMILES string of the molecule is Cc1ccc(-c2cc(-c3cc(S(=O)(=O)NCC4(O)COC4)ccc3C)cnc2N)[nH]1. The molecule has 0 aliphatic carbocycles. The van der Waals surface area contributed by atoms with E-state index in [1.807, 2.05) is 32.0 Å². The van der Waals surface area contributed by atoms with Gasteiger partial charge >= 0.3 is 0 Å². The van der Waals surface area contributed by atoms with Crippen LogP contribution in [0.1, 0.15) is 11.3 Å². The highest BCUT2D eigenvalue weighted by Gasteiger charge is 2.37. The number of benzene rings is 1. The number of rotatable bonds is 6. The van der Waals surface area contributed by atoms with Gasteiger partial charge in [-0.15, -0.1) is 0 Å². The van der Waals surface area contributed by atoms with Crippen LogP contribution in [-0.4, -0.2) is 48.9 Å². The fourth-order valence-electron chi connectivity index (χ4n) is 3.33. The van der Waals surface area contributed by atoms with Crippen molar-refractivity contribution in [2.24, 2.45) is 0 Å². The molecule has 0 amide bonds. The lowest BCUT2D eigenvalue weighted by Crippen LogP contribution is -2.56. The first-order valence-electron chi connectivity index (χ1n) is 9.49. The standard InChI is InChI=1S/C21H24N4O4S/c1-13-3-5-16(30(27,28)24-10-21(26)11-29-12-21)8-17(13)15-7-18(20(22)23-9-15)19-6-4-14(2)25-19/h3-9,24-26H,10-12H2,1-2H3,(H2,22,23). The van der Waals surface area contributed by atoms with Crippen molar-refractivity contribution < 1.29 is 18.3 Å². The summed E-state index contributed by atoms with van der Waals surface area (Å²) in [7, 11) is -3.80. The van der Waals surface area contributed by atoms with E-state index in [9.17, 15) is 13.5 Å². The highest BCUT2D eigenvalue weighted by atomic mass is 32.2. The fourth-order valence-corrected chi connectivity index (χ4v) is 4.48. The van der Waals surface area contributed by atoms with Crippen LogP contribution < -0.4 is 10.5 Å². The summed E-state index contributed by atoms with van der Waals surface area (Å²) >= 11 is 0. The number of pyridine rings is 1. The summed E-state index contributed by atoms with van der Waals surface area (Å²) in [4.78, 5) is 7.66. The second kappa shape index (κ2) is 7.51. The van der Waals surface area contributed by atoms with E-state index in [1.165, 1.54) is 0 Å². The second-order valence-electron chi connectivity index (χ2n) is 7.73. The Labute approximate surface area is 175 Å². The highest BCUT2D eigenvalue weighted by Crippen LogP contribution is 2.32. The van der Waals surface area contributed by atoms with Crippen LogP contribution in [0.25, 0.3) is 22.4 Å². The van der Waals surface area contributed by atoms with Gasteiger partial charge in [0, 0.05) is 35.3 Å². The van der Waals surface area contributed by atoms with E-state index < -0.39 is 15.6 Å². The maximum atomic E-state index is 12.8. The number of anilines is 1. The number of nitrogen functional groups attached to an aromatic ring is 1. The number of nitrogens with two attached hydrogens (primary N) is 1. The number of aryl methyl sites for hydroxylation is 2. The van der Waals surface area contributed by atoms with Gasteiger partial charge in [0.1, 0.15) is 11.4 Å². The Morgan fingerprint density at radius 1 is 1.20 bits per heavy atom. The molecule has 158 valence electrons. The third-order valence-corrected chi connectivity index (χ3v) is 6.60. The van der Waals surface area contributed by atoms with E-state index in [4.69, 9.17) is 10.5 Å². The molecule has 3 aromatic rings. The number of ether oxygens (including phenoxy) is 1. The Bertz CT molecular complexity index is 1200. The van der Waals surface area contributed by atoms with Gasteiger partial charge in [-0.2, -0.15) is 0 Å². The van der Waals surface area contributed by atoms with Crippen LogP contribution in [0.2, 0.25) is 0 Å². The van der Waals surface area contributed by atoms with Gasteiger partial charge in [0.25, 0.3) is 0 Å². The number of sulfonamides is 1. The van der Waals surface area contributed by atoms with Crippen molar-refractivity contribution in [1.29, 1.82) is 0 Å². The third-order valence-electron chi connectivity index (χ3n) is 5.20. The molecule has 3 heterocycles. The first kappa shape index (κ1) is 20.5. The molecule has 0 saturated carbocycles. The van der Waals surface area contributed by atoms with Crippen LogP contribution in [0.5, 0.6) is 0 Å². The van der Waals surface area contributed by atoms with Crippen molar-refractivity contribution in [2.45, 2.75) is 24.3 Å². The summed E-state index contributed by atoms with van der Waals surface area (Å²) in [6.07, 6.45) is 1.63. The van der Waals surface area contributed by atoms with Crippen LogP contribution in [-0.2, 0) is 14.8 Å². The Morgan fingerprint density at radius 2 is 1.97 bits per heavy atom. The summed E-state index contributed by atoms with van der Waals surface area (Å²) in [5.41, 5.74) is 9.92. The van der Waals surface area contributed by atoms with E-state index in [0.717, 1.165) is 33.6 Å². The van der Waals surface area contributed by atoms with E-state index in [-0.39, 0.29) is 24.7 Å². The van der Waals surface area contributed by atoms with E-state index in [0.29, 0.717) is 5.82 Å². The number of hydrogen-bond donors (Lipinski definition) is 4. The molecule has 0 unspecified atom stereocenters. The zero-order valence-electron chi connectivity index (χ0n) is 16.8. The topological polar surface area (TPSA) is 130 Å². The minimum absolute atomic E-state index is 0.0989. The van der Waals surface area contributed by atoms with Crippen molar-refractivity contribution in [3.8, 4) is 22.4 Å². The molecule has 1 fully saturated rings. The fraction of sp³-hybridized carbons (Fsp3) is 0.286. The molecule has 0 radical (unpaired) electrons. The van der Waals surface area contributed by atoms with Crippen LogP contribution >= 0.6 is 0 Å². The minimum atomic E-state index is -3.80. The molecule has 9 heteroatoms.